The highest BCUT2D eigenvalue weighted by Gasteiger charge is 2.13. The van der Waals surface area contributed by atoms with Crippen molar-refractivity contribution >= 4 is 35.7 Å². The molecule has 0 saturated carbocycles. The normalized spacial score (nSPS) is 11.3. The van der Waals surface area contributed by atoms with Gasteiger partial charge in [0, 0.05) is 6.07 Å². The van der Waals surface area contributed by atoms with E-state index in [2.05, 4.69) is 15.9 Å². The Hall–Kier alpha value is -1.65. The van der Waals surface area contributed by atoms with E-state index in [0.29, 0.717) is 23.8 Å². The van der Waals surface area contributed by atoms with Crippen LogP contribution in [0.1, 0.15) is 30.6 Å². The van der Waals surface area contributed by atoms with Gasteiger partial charge in [-0.25, -0.2) is 9.36 Å². The zero-order valence-electron chi connectivity index (χ0n) is 15.2. The predicted octanol–water partition coefficient (Wildman–Crippen LogP) is 2.35. The smallest absolute Gasteiger partial charge is 0.466 e. The van der Waals surface area contributed by atoms with Crippen molar-refractivity contribution in [1.82, 2.24) is 0 Å². The maximum absolute atomic E-state index is 10.6. The highest BCUT2D eigenvalue weighted by Crippen LogP contribution is 2.25. The number of hydrogen-bond acceptors (Lipinski definition) is 5. The maximum atomic E-state index is 10.6. The van der Waals surface area contributed by atoms with Crippen LogP contribution in [-0.2, 0) is 9.36 Å². The van der Waals surface area contributed by atoms with E-state index < -0.39 is 19.8 Å². The number of hydrogen-bond donors (Lipinski definition) is 5. The Kier molecular flexibility index (Phi) is 13.8. The monoisotopic (exact) mass is 474 g/mol. The van der Waals surface area contributed by atoms with Gasteiger partial charge in [0.1, 0.15) is 16.3 Å². The number of carbonyl (C=O) groups is 2. The fourth-order valence-electron chi connectivity index (χ4n) is 1.45. The van der Waals surface area contributed by atoms with Crippen LogP contribution in [0.3, 0.4) is 0 Å². The van der Waals surface area contributed by atoms with E-state index in [1.54, 1.807) is 6.07 Å². The fraction of sp³-hybridized carbons (Fsp3) is 0.467. The number of methoxy groups -OCH3 is 2. The molecule has 27 heavy (non-hydrogen) atoms. The summed E-state index contributed by atoms with van der Waals surface area (Å²) in [5.41, 5.74) is 0.149. The van der Waals surface area contributed by atoms with E-state index in [9.17, 15) is 9.59 Å². The molecule has 1 unspecified atom stereocenters. The van der Waals surface area contributed by atoms with Crippen LogP contribution in [0, 0.1) is 5.92 Å². The van der Waals surface area contributed by atoms with Crippen LogP contribution in [0.25, 0.3) is 0 Å². The third-order valence-electron chi connectivity index (χ3n) is 2.54. The summed E-state index contributed by atoms with van der Waals surface area (Å²) in [5.74, 6) is -0.403. The van der Waals surface area contributed by atoms with E-state index in [0.717, 1.165) is 0 Å². The maximum Gasteiger partial charge on any atom is 0.466 e. The summed E-state index contributed by atoms with van der Waals surface area (Å²) in [7, 11) is -1.69. The molecule has 1 rings (SSSR count). The van der Waals surface area contributed by atoms with Gasteiger partial charge in [0.2, 0.25) is 0 Å². The van der Waals surface area contributed by atoms with Crippen molar-refractivity contribution in [2.45, 2.75) is 25.1 Å². The average Bonchev–Trinajstić information content (AvgIpc) is 2.52. The molecule has 0 spiro atoms. The lowest BCUT2D eigenvalue weighted by molar-refractivity contribution is -0.136. The molecule has 0 radical (unpaired) electrons. The Morgan fingerprint density at radius 2 is 1.41 bits per heavy atom. The first-order valence-electron chi connectivity index (χ1n) is 7.32. The second-order valence-corrected chi connectivity index (χ2v) is 7.49. The van der Waals surface area contributed by atoms with Gasteiger partial charge in [-0.2, -0.15) is 0 Å². The van der Waals surface area contributed by atoms with E-state index in [1.807, 2.05) is 13.8 Å². The first-order valence-corrected chi connectivity index (χ1v) is 9.80. The van der Waals surface area contributed by atoms with Gasteiger partial charge in [0.25, 0.3) is 0 Å². The summed E-state index contributed by atoms with van der Waals surface area (Å²) >= 11 is 3.04. The lowest BCUT2D eigenvalue weighted by Crippen LogP contribution is -2.14. The molecule has 10 nitrogen and oxygen atoms in total. The minimum Gasteiger partial charge on any atom is -0.497 e. The number of carboxylic acid groups (broad SMARTS) is 2. The molecule has 0 bridgehead atoms. The van der Waals surface area contributed by atoms with Crippen molar-refractivity contribution in [3.63, 3.8) is 0 Å². The summed E-state index contributed by atoms with van der Waals surface area (Å²) in [4.78, 5) is 42.0. The molecule has 1 aromatic rings. The number of aliphatic carboxylic acids is 1. The number of halogens is 1. The summed E-state index contributed by atoms with van der Waals surface area (Å²) in [5, 5.41) is 17.1. The van der Waals surface area contributed by atoms with Crippen molar-refractivity contribution in [2.24, 2.45) is 5.92 Å². The highest BCUT2D eigenvalue weighted by atomic mass is 79.9. The van der Waals surface area contributed by atoms with Crippen molar-refractivity contribution in [3.05, 3.63) is 23.8 Å². The lowest BCUT2D eigenvalue weighted by Gasteiger charge is -2.05. The van der Waals surface area contributed by atoms with Gasteiger partial charge in [-0.15, -0.1) is 0 Å². The fourth-order valence-corrected chi connectivity index (χ4v) is 2.19. The molecule has 0 amide bonds. The quantitative estimate of drug-likeness (QED) is 0.304. The molecular formula is C15H24BrO10P. The van der Waals surface area contributed by atoms with Crippen molar-refractivity contribution in [2.75, 3.05) is 14.2 Å². The Balaban J connectivity index is 0. The Bertz CT molecular complexity index is 613. The molecule has 0 aliphatic carbocycles. The molecule has 0 aromatic heterocycles. The Morgan fingerprint density at radius 1 is 1.04 bits per heavy atom. The number of ether oxygens (including phenoxy) is 2. The molecule has 1 atom stereocenters. The number of benzene rings is 1. The summed E-state index contributed by atoms with van der Waals surface area (Å²) in [6, 6.07) is 4.49. The van der Waals surface area contributed by atoms with E-state index >= 15 is 0 Å². The molecule has 156 valence electrons. The van der Waals surface area contributed by atoms with Crippen LogP contribution in [-0.4, -0.2) is 55.9 Å². The first kappa shape index (κ1) is 27.6. The van der Waals surface area contributed by atoms with Crippen LogP contribution >= 0.6 is 23.8 Å². The lowest BCUT2D eigenvalue weighted by atomic mass is 10.1. The van der Waals surface area contributed by atoms with Gasteiger partial charge in [-0.05, 0) is 24.5 Å². The second kappa shape index (κ2) is 13.5. The van der Waals surface area contributed by atoms with Crippen molar-refractivity contribution in [1.29, 1.82) is 0 Å². The largest absolute Gasteiger partial charge is 0.497 e. The number of rotatable bonds is 6. The Labute approximate surface area is 165 Å². The van der Waals surface area contributed by atoms with Gasteiger partial charge in [0.15, 0.2) is 0 Å². The molecule has 1 aromatic carbocycles. The van der Waals surface area contributed by atoms with Crippen LogP contribution in [0.15, 0.2) is 18.2 Å². The van der Waals surface area contributed by atoms with Crippen molar-refractivity contribution in [3.8, 4) is 11.5 Å². The van der Waals surface area contributed by atoms with E-state index in [4.69, 9.17) is 38.9 Å². The number of carboxylic acids is 2. The van der Waals surface area contributed by atoms with Gasteiger partial charge < -0.3 is 34.4 Å². The first-order chi connectivity index (χ1) is 12.2. The zero-order chi connectivity index (χ0) is 21.8. The number of aromatic carboxylic acids is 1. The van der Waals surface area contributed by atoms with Crippen LogP contribution < -0.4 is 9.47 Å². The molecule has 0 heterocycles. The van der Waals surface area contributed by atoms with Crippen molar-refractivity contribution < 1.29 is 48.5 Å². The molecular weight excluding hydrogens is 451 g/mol. The van der Waals surface area contributed by atoms with E-state index in [1.165, 1.54) is 26.4 Å². The predicted molar refractivity (Wildman–Crippen MR) is 101 cm³/mol. The minimum atomic E-state index is -4.64. The highest BCUT2D eigenvalue weighted by molar-refractivity contribution is 9.10. The zero-order valence-corrected chi connectivity index (χ0v) is 17.7. The second-order valence-electron chi connectivity index (χ2n) is 5.36. The van der Waals surface area contributed by atoms with Crippen LogP contribution in [0.2, 0.25) is 0 Å². The third kappa shape index (κ3) is 17.5. The van der Waals surface area contributed by atoms with E-state index in [-0.39, 0.29) is 10.4 Å². The topological polar surface area (TPSA) is 171 Å². The molecule has 12 heteroatoms. The Morgan fingerprint density at radius 3 is 1.59 bits per heavy atom. The molecule has 5 N–H and O–H groups in total. The third-order valence-corrected chi connectivity index (χ3v) is 3.31. The van der Waals surface area contributed by atoms with Gasteiger partial charge in [0.05, 0.1) is 19.8 Å². The summed E-state index contributed by atoms with van der Waals surface area (Å²) < 4.78 is 18.7. The molecule has 0 aliphatic rings. The molecule has 0 saturated heterocycles. The molecule has 0 fully saturated rings. The average molecular weight is 475 g/mol. The molecule has 0 aliphatic heterocycles. The number of alkyl halides is 1. The van der Waals surface area contributed by atoms with Gasteiger partial charge in [-0.1, -0.05) is 29.8 Å². The number of phosphoric acid groups is 1. The van der Waals surface area contributed by atoms with Crippen LogP contribution in [0.4, 0.5) is 0 Å². The van der Waals surface area contributed by atoms with Gasteiger partial charge in [-0.3, -0.25) is 4.79 Å². The summed E-state index contributed by atoms with van der Waals surface area (Å²) in [6.45, 7) is 3.99. The minimum absolute atomic E-state index is 0.149. The SMILES string of the molecule is CC(C)CC(Br)C(=O)O.COc1cc(OC)cc(C(=O)O)c1.O=P(O)(O)O. The van der Waals surface area contributed by atoms with Crippen LogP contribution in [0.5, 0.6) is 11.5 Å². The standard InChI is InChI=1S/C9H10O4.C6H11BrO2.H3O4P/c1-12-7-3-6(9(10)11)4-8(5-7)13-2;1-4(2)3-5(7)6(8)9;1-5(2,3)4/h3-5H,1-2H3,(H,10,11);4-5H,3H2,1-2H3,(H,8,9);(H3,1,2,3,4). The van der Waals surface area contributed by atoms with Gasteiger partial charge >= 0.3 is 19.8 Å². The summed E-state index contributed by atoms with van der Waals surface area (Å²) in [6.07, 6.45) is 0.690.